The molecule has 198 valence electrons. The lowest BCUT2D eigenvalue weighted by molar-refractivity contribution is -0.140. The molecule has 0 saturated carbocycles. The molecule has 0 bridgehead atoms. The van der Waals surface area contributed by atoms with E-state index in [0.717, 1.165) is 29.1 Å². The summed E-state index contributed by atoms with van der Waals surface area (Å²) in [5.41, 5.74) is 1.31. The molecule has 2 rings (SSSR count). The maximum atomic E-state index is 13.3. The Labute approximate surface area is 223 Å². The van der Waals surface area contributed by atoms with Gasteiger partial charge in [-0.1, -0.05) is 53.5 Å². The lowest BCUT2D eigenvalue weighted by atomic mass is 10.1. The number of halogens is 1. The standard InChI is InChI=1S/C26H36BrN3O5S/c1-5-6-16-28-26(32)20(2)29(19-21-11-9-12-22(27)18-21)25(31)15-10-17-30(36(4,33)34)23-13-7-8-14-24(23)35-3/h7-9,11-14,18,20H,5-6,10,15-17,19H2,1-4H3,(H,28,32)/t20-/m0/s1. The van der Waals surface area contributed by atoms with Crippen LogP contribution in [0, 0.1) is 0 Å². The first-order chi connectivity index (χ1) is 17.1. The number of methoxy groups -OCH3 is 1. The van der Waals surface area contributed by atoms with E-state index < -0.39 is 16.1 Å². The predicted molar refractivity (Wildman–Crippen MR) is 146 cm³/mol. The largest absolute Gasteiger partial charge is 0.495 e. The number of hydrogen-bond acceptors (Lipinski definition) is 5. The minimum atomic E-state index is -3.61. The number of ether oxygens (including phenoxy) is 1. The third kappa shape index (κ3) is 8.81. The van der Waals surface area contributed by atoms with Gasteiger partial charge in [0.15, 0.2) is 0 Å². The van der Waals surface area contributed by atoms with Gasteiger partial charge in [0.05, 0.1) is 19.1 Å². The molecule has 10 heteroatoms. The molecule has 0 aromatic heterocycles. The van der Waals surface area contributed by atoms with Gasteiger partial charge in [-0.15, -0.1) is 0 Å². The van der Waals surface area contributed by atoms with E-state index in [1.807, 2.05) is 31.2 Å². The fourth-order valence-electron chi connectivity index (χ4n) is 3.77. The highest BCUT2D eigenvalue weighted by Gasteiger charge is 2.27. The Morgan fingerprint density at radius 1 is 1.11 bits per heavy atom. The predicted octanol–water partition coefficient (Wildman–Crippen LogP) is 4.34. The quantitative estimate of drug-likeness (QED) is 0.335. The Morgan fingerprint density at radius 2 is 1.83 bits per heavy atom. The summed E-state index contributed by atoms with van der Waals surface area (Å²) in [5, 5.41) is 2.90. The van der Waals surface area contributed by atoms with Crippen LogP contribution in [0.25, 0.3) is 0 Å². The number of hydrogen-bond donors (Lipinski definition) is 1. The van der Waals surface area contributed by atoms with E-state index in [9.17, 15) is 18.0 Å². The SMILES string of the molecule is CCCCNC(=O)[C@H](C)N(Cc1cccc(Br)c1)C(=O)CCCN(c1ccccc1OC)S(C)(=O)=O. The first-order valence-corrected chi connectivity index (χ1v) is 14.6. The van der Waals surface area contributed by atoms with Gasteiger partial charge in [0, 0.05) is 30.5 Å². The zero-order valence-corrected chi connectivity index (χ0v) is 23.8. The minimum Gasteiger partial charge on any atom is -0.495 e. The zero-order chi connectivity index (χ0) is 26.7. The molecule has 0 spiro atoms. The number of anilines is 1. The number of para-hydroxylation sites is 2. The van der Waals surface area contributed by atoms with Gasteiger partial charge in [-0.2, -0.15) is 0 Å². The molecular formula is C26H36BrN3O5S. The molecule has 2 aromatic rings. The Kier molecular flexibility index (Phi) is 11.7. The number of nitrogens with one attached hydrogen (secondary N) is 1. The second kappa shape index (κ2) is 14.2. The van der Waals surface area contributed by atoms with Crippen LogP contribution in [0.5, 0.6) is 5.75 Å². The third-order valence-electron chi connectivity index (χ3n) is 5.74. The average Bonchev–Trinajstić information content (AvgIpc) is 2.84. The lowest BCUT2D eigenvalue weighted by Crippen LogP contribution is -2.48. The highest BCUT2D eigenvalue weighted by molar-refractivity contribution is 9.10. The van der Waals surface area contributed by atoms with E-state index in [4.69, 9.17) is 4.74 Å². The van der Waals surface area contributed by atoms with Gasteiger partial charge in [-0.25, -0.2) is 8.42 Å². The second-order valence-corrected chi connectivity index (χ2v) is 11.4. The molecule has 0 aliphatic carbocycles. The van der Waals surface area contributed by atoms with Gasteiger partial charge in [0.25, 0.3) is 0 Å². The van der Waals surface area contributed by atoms with Crippen LogP contribution in [0.1, 0.15) is 45.1 Å². The normalized spacial score (nSPS) is 12.0. The van der Waals surface area contributed by atoms with Crippen LogP contribution in [0.15, 0.2) is 53.0 Å². The van der Waals surface area contributed by atoms with E-state index >= 15 is 0 Å². The van der Waals surface area contributed by atoms with Crippen molar-refractivity contribution in [3.8, 4) is 5.75 Å². The third-order valence-corrected chi connectivity index (χ3v) is 7.42. The molecular weight excluding hydrogens is 546 g/mol. The van der Waals surface area contributed by atoms with Crippen molar-refractivity contribution in [3.63, 3.8) is 0 Å². The minimum absolute atomic E-state index is 0.0851. The lowest BCUT2D eigenvalue weighted by Gasteiger charge is -2.29. The van der Waals surface area contributed by atoms with Crippen molar-refractivity contribution < 1.29 is 22.7 Å². The van der Waals surface area contributed by atoms with Crippen molar-refractivity contribution in [3.05, 3.63) is 58.6 Å². The number of amides is 2. The van der Waals surface area contributed by atoms with E-state index in [-0.39, 0.29) is 37.7 Å². The molecule has 36 heavy (non-hydrogen) atoms. The number of carbonyl (C=O) groups is 2. The first-order valence-electron chi connectivity index (χ1n) is 12.0. The van der Waals surface area contributed by atoms with Crippen molar-refractivity contribution in [1.82, 2.24) is 10.2 Å². The molecule has 0 radical (unpaired) electrons. The van der Waals surface area contributed by atoms with Crippen LogP contribution in [0.3, 0.4) is 0 Å². The summed E-state index contributed by atoms with van der Waals surface area (Å²) in [5.74, 6) is 0.00285. The molecule has 2 amide bonds. The van der Waals surface area contributed by atoms with Gasteiger partial charge < -0.3 is 15.0 Å². The summed E-state index contributed by atoms with van der Waals surface area (Å²) < 4.78 is 32.5. The average molecular weight is 583 g/mol. The summed E-state index contributed by atoms with van der Waals surface area (Å²) in [6, 6.07) is 13.8. The molecule has 0 aliphatic rings. The van der Waals surface area contributed by atoms with Crippen molar-refractivity contribution in [2.24, 2.45) is 0 Å². The number of unbranched alkanes of at least 4 members (excludes halogenated alkanes) is 1. The fraction of sp³-hybridized carbons (Fsp3) is 0.462. The maximum Gasteiger partial charge on any atom is 0.242 e. The van der Waals surface area contributed by atoms with Crippen molar-refractivity contribution in [1.29, 1.82) is 0 Å². The van der Waals surface area contributed by atoms with Crippen molar-refractivity contribution >= 4 is 43.5 Å². The van der Waals surface area contributed by atoms with Crippen LogP contribution in [-0.2, 0) is 26.2 Å². The number of carbonyl (C=O) groups excluding carboxylic acids is 2. The van der Waals surface area contributed by atoms with Gasteiger partial charge >= 0.3 is 0 Å². The van der Waals surface area contributed by atoms with E-state index in [2.05, 4.69) is 21.2 Å². The Hall–Kier alpha value is -2.59. The second-order valence-electron chi connectivity index (χ2n) is 8.58. The summed E-state index contributed by atoms with van der Waals surface area (Å²) in [7, 11) is -2.12. The Morgan fingerprint density at radius 3 is 2.47 bits per heavy atom. The zero-order valence-electron chi connectivity index (χ0n) is 21.4. The van der Waals surface area contributed by atoms with Gasteiger partial charge in [0.1, 0.15) is 11.8 Å². The molecule has 0 fully saturated rings. The van der Waals surface area contributed by atoms with Crippen LogP contribution >= 0.6 is 15.9 Å². The summed E-state index contributed by atoms with van der Waals surface area (Å²) in [6.45, 7) is 4.69. The maximum absolute atomic E-state index is 13.3. The number of rotatable bonds is 14. The Bertz CT molecular complexity index is 1130. The molecule has 0 heterocycles. The van der Waals surface area contributed by atoms with Gasteiger partial charge in [-0.05, 0) is 49.6 Å². The molecule has 8 nitrogen and oxygen atoms in total. The van der Waals surface area contributed by atoms with Crippen LogP contribution in [0.4, 0.5) is 5.69 Å². The topological polar surface area (TPSA) is 96.0 Å². The van der Waals surface area contributed by atoms with E-state index in [0.29, 0.717) is 18.0 Å². The molecule has 1 atom stereocenters. The van der Waals surface area contributed by atoms with Gasteiger partial charge in [-0.3, -0.25) is 13.9 Å². The Balaban J connectivity index is 2.17. The number of sulfonamides is 1. The number of benzene rings is 2. The molecule has 1 N–H and O–H groups in total. The van der Waals surface area contributed by atoms with Crippen molar-refractivity contribution in [2.75, 3.05) is 30.8 Å². The number of nitrogens with zero attached hydrogens (tertiary/aromatic N) is 2. The van der Waals surface area contributed by atoms with Gasteiger partial charge in [0.2, 0.25) is 21.8 Å². The monoisotopic (exact) mass is 581 g/mol. The highest BCUT2D eigenvalue weighted by atomic mass is 79.9. The molecule has 2 aromatic carbocycles. The van der Waals surface area contributed by atoms with Crippen molar-refractivity contribution in [2.45, 2.75) is 52.1 Å². The van der Waals surface area contributed by atoms with E-state index in [1.165, 1.54) is 11.4 Å². The van der Waals surface area contributed by atoms with Crippen LogP contribution < -0.4 is 14.4 Å². The summed E-state index contributed by atoms with van der Waals surface area (Å²) in [6.07, 6.45) is 3.31. The van der Waals surface area contributed by atoms with E-state index in [1.54, 1.807) is 36.1 Å². The summed E-state index contributed by atoms with van der Waals surface area (Å²) >= 11 is 3.45. The molecule has 0 aliphatic heterocycles. The van der Waals surface area contributed by atoms with Crippen LogP contribution in [0.2, 0.25) is 0 Å². The molecule has 0 saturated heterocycles. The summed E-state index contributed by atoms with van der Waals surface area (Å²) in [4.78, 5) is 27.7. The highest BCUT2D eigenvalue weighted by Crippen LogP contribution is 2.29. The van der Waals surface area contributed by atoms with Crippen LogP contribution in [-0.4, -0.2) is 57.6 Å². The fourth-order valence-corrected chi connectivity index (χ4v) is 5.18. The smallest absolute Gasteiger partial charge is 0.242 e. The molecule has 0 unspecified atom stereocenters. The first kappa shape index (κ1) is 29.6.